The topological polar surface area (TPSA) is 62.3 Å². The third kappa shape index (κ3) is 4.86. The minimum Gasteiger partial charge on any atom is -0.497 e. The molecule has 1 aliphatic carbocycles. The summed E-state index contributed by atoms with van der Waals surface area (Å²) in [4.78, 5) is 12.0. The van der Waals surface area contributed by atoms with E-state index in [1.807, 2.05) is 24.3 Å². The molecule has 2 aromatic rings. The van der Waals surface area contributed by atoms with Gasteiger partial charge in [0.15, 0.2) is 0 Å². The number of hydrogen-bond acceptors (Lipinski definition) is 6. The van der Waals surface area contributed by atoms with Gasteiger partial charge in [-0.05, 0) is 56.4 Å². The van der Waals surface area contributed by atoms with E-state index in [4.69, 9.17) is 14.7 Å². The Bertz CT molecular complexity index is 752. The molecule has 2 N–H and O–H groups in total. The number of anilines is 4. The molecule has 2 fully saturated rings. The Morgan fingerprint density at radius 3 is 2.36 bits per heavy atom. The molecule has 4 rings (SSSR count). The molecule has 6 heteroatoms. The molecule has 1 aromatic carbocycles. The third-order valence-corrected chi connectivity index (χ3v) is 5.69. The van der Waals surface area contributed by atoms with Crippen LogP contribution in [0.2, 0.25) is 0 Å². The molecule has 6 nitrogen and oxygen atoms in total. The van der Waals surface area contributed by atoms with Crippen LogP contribution in [0, 0.1) is 0 Å². The predicted molar refractivity (Wildman–Crippen MR) is 115 cm³/mol. The molecule has 2 heterocycles. The van der Waals surface area contributed by atoms with E-state index in [9.17, 15) is 0 Å². The summed E-state index contributed by atoms with van der Waals surface area (Å²) in [5.74, 6) is 3.44. The highest BCUT2D eigenvalue weighted by Crippen LogP contribution is 2.27. The molecule has 0 spiro atoms. The SMILES string of the molecule is COc1ccc(Nc2cc(N3CCCCC3)nc(NC3CCCCC3)n2)cc1. The molecule has 1 saturated heterocycles. The molecular formula is C22H31N5O. The van der Waals surface area contributed by atoms with Crippen molar-refractivity contribution in [2.45, 2.75) is 57.4 Å². The lowest BCUT2D eigenvalue weighted by Crippen LogP contribution is -2.31. The Hall–Kier alpha value is -2.50. The summed E-state index contributed by atoms with van der Waals surface area (Å²) in [5.41, 5.74) is 0.993. The fourth-order valence-electron chi connectivity index (χ4n) is 4.10. The maximum absolute atomic E-state index is 5.25. The van der Waals surface area contributed by atoms with Crippen molar-refractivity contribution < 1.29 is 4.74 Å². The first-order chi connectivity index (χ1) is 13.8. The van der Waals surface area contributed by atoms with Crippen molar-refractivity contribution in [2.24, 2.45) is 0 Å². The zero-order valence-corrected chi connectivity index (χ0v) is 16.8. The van der Waals surface area contributed by atoms with Gasteiger partial charge in [-0.25, -0.2) is 0 Å². The molecule has 150 valence electrons. The van der Waals surface area contributed by atoms with Gasteiger partial charge < -0.3 is 20.3 Å². The summed E-state index contributed by atoms with van der Waals surface area (Å²) < 4.78 is 5.25. The second-order valence-electron chi connectivity index (χ2n) is 7.82. The molecule has 0 bridgehead atoms. The highest BCUT2D eigenvalue weighted by molar-refractivity contribution is 5.62. The molecule has 0 unspecified atom stereocenters. The number of benzene rings is 1. The van der Waals surface area contributed by atoms with Crippen LogP contribution in [-0.2, 0) is 0 Å². The lowest BCUT2D eigenvalue weighted by Gasteiger charge is -2.29. The number of aromatic nitrogens is 2. The predicted octanol–water partition coefficient (Wildman–Crippen LogP) is 4.96. The number of methoxy groups -OCH3 is 1. The average molecular weight is 382 g/mol. The molecule has 1 aliphatic heterocycles. The van der Waals surface area contributed by atoms with E-state index in [-0.39, 0.29) is 0 Å². The van der Waals surface area contributed by atoms with Gasteiger partial charge in [-0.1, -0.05) is 19.3 Å². The molecule has 1 aromatic heterocycles. The van der Waals surface area contributed by atoms with Crippen molar-refractivity contribution >= 4 is 23.3 Å². The van der Waals surface area contributed by atoms with Gasteiger partial charge >= 0.3 is 0 Å². The van der Waals surface area contributed by atoms with Gasteiger partial charge in [0.25, 0.3) is 0 Å². The van der Waals surface area contributed by atoms with Crippen LogP contribution < -0.4 is 20.3 Å². The van der Waals surface area contributed by atoms with Gasteiger partial charge in [0.1, 0.15) is 17.4 Å². The quantitative estimate of drug-likeness (QED) is 0.737. The van der Waals surface area contributed by atoms with Crippen molar-refractivity contribution in [1.29, 1.82) is 0 Å². The minimum atomic E-state index is 0.485. The van der Waals surface area contributed by atoms with Gasteiger partial charge in [-0.15, -0.1) is 0 Å². The van der Waals surface area contributed by atoms with Crippen LogP contribution in [-0.4, -0.2) is 36.2 Å². The summed E-state index contributed by atoms with van der Waals surface area (Å²) in [6.45, 7) is 2.14. The van der Waals surface area contributed by atoms with E-state index in [1.165, 1.54) is 51.4 Å². The van der Waals surface area contributed by atoms with Gasteiger partial charge in [-0.3, -0.25) is 0 Å². The van der Waals surface area contributed by atoms with Gasteiger partial charge in [0.05, 0.1) is 7.11 Å². The molecule has 28 heavy (non-hydrogen) atoms. The second-order valence-corrected chi connectivity index (χ2v) is 7.82. The fourth-order valence-corrected chi connectivity index (χ4v) is 4.10. The molecule has 0 atom stereocenters. The monoisotopic (exact) mass is 381 g/mol. The molecule has 0 amide bonds. The van der Waals surface area contributed by atoms with Crippen molar-refractivity contribution in [3.05, 3.63) is 30.3 Å². The first-order valence-corrected chi connectivity index (χ1v) is 10.6. The molecular weight excluding hydrogens is 350 g/mol. The first-order valence-electron chi connectivity index (χ1n) is 10.6. The normalized spacial score (nSPS) is 18.0. The third-order valence-electron chi connectivity index (χ3n) is 5.69. The lowest BCUT2D eigenvalue weighted by molar-refractivity contribution is 0.415. The summed E-state index contributed by atoms with van der Waals surface area (Å²) in [6, 6.07) is 10.5. The van der Waals surface area contributed by atoms with E-state index in [0.717, 1.165) is 42.1 Å². The smallest absolute Gasteiger partial charge is 0.226 e. The van der Waals surface area contributed by atoms with E-state index in [2.05, 4.69) is 21.6 Å². The Balaban J connectivity index is 1.56. The largest absolute Gasteiger partial charge is 0.497 e. The fraction of sp³-hybridized carbons (Fsp3) is 0.545. The summed E-state index contributed by atoms with van der Waals surface area (Å²) in [6.07, 6.45) is 10.1. The van der Waals surface area contributed by atoms with Crippen LogP contribution >= 0.6 is 0 Å². The zero-order valence-electron chi connectivity index (χ0n) is 16.8. The maximum atomic E-state index is 5.25. The average Bonchev–Trinajstić information content (AvgIpc) is 2.75. The van der Waals surface area contributed by atoms with Crippen LogP contribution in [0.4, 0.5) is 23.3 Å². The Labute approximate surface area is 167 Å². The summed E-state index contributed by atoms with van der Waals surface area (Å²) >= 11 is 0. The van der Waals surface area contributed by atoms with Gasteiger partial charge in [-0.2, -0.15) is 9.97 Å². The summed E-state index contributed by atoms with van der Waals surface area (Å²) in [5, 5.41) is 7.03. The summed E-state index contributed by atoms with van der Waals surface area (Å²) in [7, 11) is 1.68. The van der Waals surface area contributed by atoms with Crippen LogP contribution in [0.3, 0.4) is 0 Å². The number of piperidine rings is 1. The maximum Gasteiger partial charge on any atom is 0.226 e. The van der Waals surface area contributed by atoms with E-state index in [0.29, 0.717) is 6.04 Å². The van der Waals surface area contributed by atoms with E-state index >= 15 is 0 Å². The van der Waals surface area contributed by atoms with Crippen molar-refractivity contribution in [3.8, 4) is 5.75 Å². The van der Waals surface area contributed by atoms with Crippen LogP contribution in [0.1, 0.15) is 51.4 Å². The van der Waals surface area contributed by atoms with E-state index < -0.39 is 0 Å². The van der Waals surface area contributed by atoms with Crippen LogP contribution in [0.15, 0.2) is 30.3 Å². The Morgan fingerprint density at radius 2 is 1.64 bits per heavy atom. The van der Waals surface area contributed by atoms with Gasteiger partial charge in [0, 0.05) is 30.9 Å². The number of ether oxygens (including phenoxy) is 1. The van der Waals surface area contributed by atoms with Crippen molar-refractivity contribution in [3.63, 3.8) is 0 Å². The van der Waals surface area contributed by atoms with Crippen LogP contribution in [0.25, 0.3) is 0 Å². The first kappa shape index (κ1) is 18.8. The van der Waals surface area contributed by atoms with Crippen LogP contribution in [0.5, 0.6) is 5.75 Å². The Kier molecular flexibility index (Phi) is 6.14. The lowest BCUT2D eigenvalue weighted by atomic mass is 9.96. The van der Waals surface area contributed by atoms with Gasteiger partial charge in [0.2, 0.25) is 5.95 Å². The highest BCUT2D eigenvalue weighted by Gasteiger charge is 2.18. The molecule has 0 radical (unpaired) electrons. The number of hydrogen-bond donors (Lipinski definition) is 2. The number of nitrogens with one attached hydrogen (secondary N) is 2. The second kappa shape index (κ2) is 9.13. The molecule has 2 aliphatic rings. The zero-order chi connectivity index (χ0) is 19.2. The minimum absolute atomic E-state index is 0.485. The van der Waals surface area contributed by atoms with E-state index in [1.54, 1.807) is 7.11 Å². The molecule has 1 saturated carbocycles. The van der Waals surface area contributed by atoms with Crippen molar-refractivity contribution in [2.75, 3.05) is 35.7 Å². The highest BCUT2D eigenvalue weighted by atomic mass is 16.5. The van der Waals surface area contributed by atoms with Crippen molar-refractivity contribution in [1.82, 2.24) is 9.97 Å². The standard InChI is InChI=1S/C22H31N5O/c1-28-19-12-10-18(11-13-19)23-20-16-21(27-14-6-3-7-15-27)26-22(25-20)24-17-8-4-2-5-9-17/h10-13,16-17H,2-9,14-15H2,1H3,(H2,23,24,25,26). The number of nitrogens with zero attached hydrogens (tertiary/aromatic N) is 3. The Morgan fingerprint density at radius 1 is 0.929 bits per heavy atom. The number of rotatable bonds is 6.